The monoisotopic (exact) mass is 430 g/mol. The number of nitrogens with one attached hydrogen (secondary N) is 1. The number of anilines is 1. The Morgan fingerprint density at radius 2 is 1.84 bits per heavy atom. The van der Waals surface area contributed by atoms with Gasteiger partial charge in [-0.15, -0.1) is 0 Å². The van der Waals surface area contributed by atoms with Crippen molar-refractivity contribution in [1.82, 2.24) is 24.6 Å². The summed E-state index contributed by atoms with van der Waals surface area (Å²) < 4.78 is 7.11. The fraction of sp³-hybridized carbons (Fsp3) is 0.292. The van der Waals surface area contributed by atoms with Crippen LogP contribution < -0.4 is 15.2 Å². The molecule has 0 radical (unpaired) electrons. The van der Waals surface area contributed by atoms with E-state index in [2.05, 4.69) is 27.0 Å². The fourth-order valence-electron chi connectivity index (χ4n) is 4.10. The second kappa shape index (κ2) is 8.47. The molecule has 3 heterocycles. The summed E-state index contributed by atoms with van der Waals surface area (Å²) in [5.74, 6) is 1.30. The minimum Gasteiger partial charge on any atom is -0.497 e. The Bertz CT molecular complexity index is 1300. The topological polar surface area (TPSA) is 79.3 Å². The van der Waals surface area contributed by atoms with Crippen LogP contribution in [0.4, 0.5) is 5.82 Å². The van der Waals surface area contributed by atoms with Crippen LogP contribution in [0, 0.1) is 0 Å². The van der Waals surface area contributed by atoms with Gasteiger partial charge in [0, 0.05) is 31.7 Å². The van der Waals surface area contributed by atoms with Crippen molar-refractivity contribution in [2.75, 3.05) is 45.2 Å². The van der Waals surface area contributed by atoms with Crippen molar-refractivity contribution < 1.29 is 4.74 Å². The molecule has 5 rings (SSSR count). The second-order valence-corrected chi connectivity index (χ2v) is 8.12. The van der Waals surface area contributed by atoms with E-state index in [0.29, 0.717) is 12.4 Å². The molecule has 32 heavy (non-hydrogen) atoms. The van der Waals surface area contributed by atoms with Crippen LogP contribution in [0.25, 0.3) is 22.3 Å². The molecule has 164 valence electrons. The minimum atomic E-state index is -0.0780. The normalized spacial score (nSPS) is 14.8. The van der Waals surface area contributed by atoms with E-state index in [4.69, 9.17) is 9.72 Å². The van der Waals surface area contributed by atoms with Gasteiger partial charge >= 0.3 is 0 Å². The highest BCUT2D eigenvalue weighted by atomic mass is 16.5. The van der Waals surface area contributed by atoms with Gasteiger partial charge in [-0.25, -0.2) is 4.98 Å². The molecule has 4 aromatic rings. The van der Waals surface area contributed by atoms with Crippen LogP contribution in [0.5, 0.6) is 5.75 Å². The van der Waals surface area contributed by atoms with E-state index in [1.54, 1.807) is 11.7 Å². The number of nitrogens with zero attached hydrogens (tertiary/aromatic N) is 5. The highest BCUT2D eigenvalue weighted by molar-refractivity contribution is 5.76. The molecular weight excluding hydrogens is 404 g/mol. The predicted octanol–water partition coefficient (Wildman–Crippen LogP) is 2.60. The average molecular weight is 431 g/mol. The lowest BCUT2D eigenvalue weighted by atomic mass is 10.1. The number of ether oxygens (including phenoxy) is 1. The molecule has 0 saturated carbocycles. The van der Waals surface area contributed by atoms with Gasteiger partial charge in [0.25, 0.3) is 5.56 Å². The maximum atomic E-state index is 13.5. The number of para-hydroxylation sites is 2. The van der Waals surface area contributed by atoms with Gasteiger partial charge < -0.3 is 14.5 Å². The molecule has 0 atom stereocenters. The third kappa shape index (κ3) is 3.85. The van der Waals surface area contributed by atoms with Gasteiger partial charge in [0.1, 0.15) is 5.75 Å². The summed E-state index contributed by atoms with van der Waals surface area (Å²) in [4.78, 5) is 22.6. The second-order valence-electron chi connectivity index (χ2n) is 8.12. The lowest BCUT2D eigenvalue weighted by Crippen LogP contribution is -2.47. The van der Waals surface area contributed by atoms with Crippen molar-refractivity contribution in [2.24, 2.45) is 0 Å². The molecule has 0 aliphatic carbocycles. The number of aromatic amines is 1. The number of benzene rings is 2. The van der Waals surface area contributed by atoms with Gasteiger partial charge in [0.2, 0.25) is 0 Å². The smallest absolute Gasteiger partial charge is 0.294 e. The summed E-state index contributed by atoms with van der Waals surface area (Å²) >= 11 is 0. The van der Waals surface area contributed by atoms with Crippen molar-refractivity contribution in [2.45, 2.75) is 6.54 Å². The molecule has 0 amide bonds. The first-order chi connectivity index (χ1) is 15.6. The molecule has 2 aromatic carbocycles. The molecule has 0 spiro atoms. The molecule has 8 nitrogen and oxygen atoms in total. The minimum absolute atomic E-state index is 0.0780. The lowest BCUT2D eigenvalue weighted by molar-refractivity contribution is 0.311. The number of aromatic nitrogens is 4. The third-order valence-corrected chi connectivity index (χ3v) is 5.96. The Morgan fingerprint density at radius 3 is 2.66 bits per heavy atom. The van der Waals surface area contributed by atoms with Gasteiger partial charge in [-0.3, -0.25) is 14.5 Å². The number of hydrogen-bond donors (Lipinski definition) is 1. The number of likely N-dealkylation sites (N-methyl/N-ethyl adjacent to an activating group) is 1. The van der Waals surface area contributed by atoms with E-state index in [0.717, 1.165) is 59.9 Å². The summed E-state index contributed by atoms with van der Waals surface area (Å²) in [6, 6.07) is 17.5. The van der Waals surface area contributed by atoms with E-state index in [1.807, 2.05) is 54.6 Å². The summed E-state index contributed by atoms with van der Waals surface area (Å²) in [5, 5.41) is 7.56. The standard InChI is InChI=1S/C24H26N6O2/c1-28-10-12-29(13-11-28)23-24(31)30(22-9-4-3-8-20(22)25-23)16-18-15-21(27-26-18)17-6-5-7-19(14-17)32-2/h3-9,14-15H,10-13,16H2,1-2H3,(H,26,27). The number of fused-ring (bicyclic) bond motifs is 1. The molecule has 2 aromatic heterocycles. The van der Waals surface area contributed by atoms with Crippen molar-refractivity contribution in [3.05, 3.63) is 70.6 Å². The molecular formula is C24H26N6O2. The Hall–Kier alpha value is -3.65. The number of rotatable bonds is 5. The number of methoxy groups -OCH3 is 1. The SMILES string of the molecule is COc1cccc(-c2cc(Cn3c(=O)c(N4CCN(C)CC4)nc4ccccc43)[nH]n2)c1. The Morgan fingerprint density at radius 1 is 1.03 bits per heavy atom. The van der Waals surface area contributed by atoms with E-state index in [-0.39, 0.29) is 5.56 Å². The molecule has 0 unspecified atom stereocenters. The molecule has 0 bridgehead atoms. The van der Waals surface area contributed by atoms with E-state index in [1.165, 1.54) is 0 Å². The van der Waals surface area contributed by atoms with Gasteiger partial charge in [-0.1, -0.05) is 24.3 Å². The van der Waals surface area contributed by atoms with Crippen LogP contribution in [-0.4, -0.2) is 65.0 Å². The molecule has 1 aliphatic heterocycles. The van der Waals surface area contributed by atoms with E-state index >= 15 is 0 Å². The first-order valence-corrected chi connectivity index (χ1v) is 10.7. The maximum Gasteiger partial charge on any atom is 0.294 e. The summed E-state index contributed by atoms with van der Waals surface area (Å²) in [6.07, 6.45) is 0. The Balaban J connectivity index is 1.52. The lowest BCUT2D eigenvalue weighted by Gasteiger charge is -2.33. The summed E-state index contributed by atoms with van der Waals surface area (Å²) in [7, 11) is 3.75. The van der Waals surface area contributed by atoms with Gasteiger partial charge in [0.05, 0.1) is 36.1 Å². The van der Waals surface area contributed by atoms with Crippen molar-refractivity contribution in [3.63, 3.8) is 0 Å². The molecule has 1 aliphatic rings. The van der Waals surface area contributed by atoms with Gasteiger partial charge in [-0.2, -0.15) is 5.10 Å². The third-order valence-electron chi connectivity index (χ3n) is 5.96. The van der Waals surface area contributed by atoms with Crippen molar-refractivity contribution >= 4 is 16.9 Å². The molecule has 1 N–H and O–H groups in total. The van der Waals surface area contributed by atoms with Crippen molar-refractivity contribution in [3.8, 4) is 17.0 Å². The van der Waals surface area contributed by atoms with Gasteiger partial charge in [0.15, 0.2) is 5.82 Å². The first kappa shape index (κ1) is 20.3. The number of piperazine rings is 1. The van der Waals surface area contributed by atoms with Gasteiger partial charge in [-0.05, 0) is 37.4 Å². The Labute approximate surface area is 186 Å². The average Bonchev–Trinajstić information content (AvgIpc) is 3.30. The quantitative estimate of drug-likeness (QED) is 0.524. The summed E-state index contributed by atoms with van der Waals surface area (Å²) in [5.41, 5.74) is 4.17. The zero-order chi connectivity index (χ0) is 22.1. The van der Waals surface area contributed by atoms with Crippen LogP contribution in [0.15, 0.2) is 59.4 Å². The molecule has 8 heteroatoms. The van der Waals surface area contributed by atoms with Crippen molar-refractivity contribution in [1.29, 1.82) is 0 Å². The maximum absolute atomic E-state index is 13.5. The van der Waals surface area contributed by atoms with Crippen LogP contribution in [-0.2, 0) is 6.54 Å². The molecule has 1 saturated heterocycles. The van der Waals surface area contributed by atoms with Crippen LogP contribution in [0.1, 0.15) is 5.69 Å². The number of hydrogen-bond acceptors (Lipinski definition) is 6. The fourth-order valence-corrected chi connectivity index (χ4v) is 4.10. The first-order valence-electron chi connectivity index (χ1n) is 10.7. The molecule has 1 fully saturated rings. The van der Waals surface area contributed by atoms with E-state index < -0.39 is 0 Å². The largest absolute Gasteiger partial charge is 0.497 e. The van der Waals surface area contributed by atoms with Crippen LogP contribution in [0.3, 0.4) is 0 Å². The zero-order valence-electron chi connectivity index (χ0n) is 18.3. The highest BCUT2D eigenvalue weighted by Crippen LogP contribution is 2.23. The predicted molar refractivity (Wildman–Crippen MR) is 125 cm³/mol. The zero-order valence-corrected chi connectivity index (χ0v) is 18.3. The van der Waals surface area contributed by atoms with Crippen LogP contribution in [0.2, 0.25) is 0 Å². The van der Waals surface area contributed by atoms with Crippen LogP contribution >= 0.6 is 0 Å². The number of H-pyrrole nitrogens is 1. The van der Waals surface area contributed by atoms with E-state index in [9.17, 15) is 4.79 Å². The highest BCUT2D eigenvalue weighted by Gasteiger charge is 2.21. The Kier molecular flexibility index (Phi) is 5.36. The summed E-state index contributed by atoms with van der Waals surface area (Å²) in [6.45, 7) is 3.80.